The predicted molar refractivity (Wildman–Crippen MR) is 123 cm³/mol. The fourth-order valence-corrected chi connectivity index (χ4v) is 3.62. The van der Waals surface area contributed by atoms with Gasteiger partial charge in [-0.15, -0.1) is 0 Å². The van der Waals surface area contributed by atoms with Crippen molar-refractivity contribution in [1.82, 2.24) is 4.90 Å². The van der Waals surface area contributed by atoms with E-state index in [2.05, 4.69) is 5.32 Å². The SMILES string of the molecule is O=C(COC(=O)CCCN1C(=O)c2ccccc2C1=O)Nc1ccc(-c2ccccc2)cc1. The van der Waals surface area contributed by atoms with E-state index >= 15 is 0 Å². The normalized spacial score (nSPS) is 12.4. The maximum Gasteiger partial charge on any atom is 0.306 e. The van der Waals surface area contributed by atoms with Crippen molar-refractivity contribution in [3.05, 3.63) is 90.0 Å². The second-order valence-electron chi connectivity index (χ2n) is 7.56. The molecule has 1 aliphatic rings. The first-order chi connectivity index (χ1) is 16.0. The van der Waals surface area contributed by atoms with E-state index in [-0.39, 0.29) is 31.2 Å². The molecule has 0 saturated heterocycles. The number of hydrogen-bond acceptors (Lipinski definition) is 5. The zero-order valence-electron chi connectivity index (χ0n) is 17.8. The predicted octanol–water partition coefficient (Wildman–Crippen LogP) is 3.91. The maximum absolute atomic E-state index is 12.3. The molecule has 3 aromatic rings. The molecule has 1 N–H and O–H groups in total. The van der Waals surface area contributed by atoms with Gasteiger partial charge in [-0.1, -0.05) is 54.6 Å². The number of carbonyl (C=O) groups is 4. The summed E-state index contributed by atoms with van der Waals surface area (Å²) in [4.78, 5) is 49.8. The molecule has 4 rings (SSSR count). The zero-order chi connectivity index (χ0) is 23.2. The van der Waals surface area contributed by atoms with Gasteiger partial charge >= 0.3 is 5.97 Å². The van der Waals surface area contributed by atoms with Crippen LogP contribution in [0.2, 0.25) is 0 Å². The monoisotopic (exact) mass is 442 g/mol. The Morgan fingerprint density at radius 2 is 1.33 bits per heavy atom. The molecule has 0 spiro atoms. The quantitative estimate of drug-likeness (QED) is 0.422. The van der Waals surface area contributed by atoms with Gasteiger partial charge in [0.15, 0.2) is 6.61 Å². The Hall–Kier alpha value is -4.26. The van der Waals surface area contributed by atoms with Gasteiger partial charge in [-0.2, -0.15) is 0 Å². The number of anilines is 1. The van der Waals surface area contributed by atoms with Gasteiger partial charge in [-0.3, -0.25) is 24.1 Å². The Labute approximate surface area is 191 Å². The lowest BCUT2D eigenvalue weighted by atomic mass is 10.1. The van der Waals surface area contributed by atoms with E-state index in [0.29, 0.717) is 16.8 Å². The molecule has 0 bridgehead atoms. The summed E-state index contributed by atoms with van der Waals surface area (Å²) >= 11 is 0. The number of carbonyl (C=O) groups excluding carboxylic acids is 4. The molecule has 1 aliphatic heterocycles. The summed E-state index contributed by atoms with van der Waals surface area (Å²) in [6, 6.07) is 23.8. The molecule has 7 heteroatoms. The Balaban J connectivity index is 1.18. The van der Waals surface area contributed by atoms with Gasteiger partial charge < -0.3 is 10.1 Å². The van der Waals surface area contributed by atoms with E-state index in [1.807, 2.05) is 42.5 Å². The standard InChI is InChI=1S/C26H22N2O5/c29-23(27-20-14-12-19(13-15-20)18-7-2-1-3-8-18)17-33-24(30)11-6-16-28-25(31)21-9-4-5-10-22(21)26(28)32/h1-5,7-10,12-15H,6,11,16-17H2,(H,27,29). The molecule has 3 aromatic carbocycles. The van der Waals surface area contributed by atoms with Crippen LogP contribution in [0.15, 0.2) is 78.9 Å². The summed E-state index contributed by atoms with van der Waals surface area (Å²) in [7, 11) is 0. The van der Waals surface area contributed by atoms with Crippen LogP contribution in [0.25, 0.3) is 11.1 Å². The number of esters is 1. The molecule has 0 aliphatic carbocycles. The van der Waals surface area contributed by atoms with E-state index in [0.717, 1.165) is 16.0 Å². The van der Waals surface area contributed by atoms with Crippen molar-refractivity contribution in [1.29, 1.82) is 0 Å². The van der Waals surface area contributed by atoms with Crippen LogP contribution in [0.3, 0.4) is 0 Å². The van der Waals surface area contributed by atoms with Gasteiger partial charge in [0.2, 0.25) is 0 Å². The molecule has 0 aromatic heterocycles. The summed E-state index contributed by atoms with van der Waals surface area (Å²) in [5, 5.41) is 2.68. The van der Waals surface area contributed by atoms with Crippen LogP contribution in [-0.2, 0) is 14.3 Å². The van der Waals surface area contributed by atoms with Crippen molar-refractivity contribution in [2.45, 2.75) is 12.8 Å². The highest BCUT2D eigenvalue weighted by Gasteiger charge is 2.34. The van der Waals surface area contributed by atoms with Crippen molar-refractivity contribution in [3.8, 4) is 11.1 Å². The largest absolute Gasteiger partial charge is 0.456 e. The molecule has 0 radical (unpaired) electrons. The Bertz CT molecular complexity index is 1150. The smallest absolute Gasteiger partial charge is 0.306 e. The highest BCUT2D eigenvalue weighted by molar-refractivity contribution is 6.21. The van der Waals surface area contributed by atoms with Gasteiger partial charge in [0.05, 0.1) is 11.1 Å². The van der Waals surface area contributed by atoms with Crippen LogP contribution in [0.1, 0.15) is 33.6 Å². The summed E-state index contributed by atoms with van der Waals surface area (Å²) in [5.74, 6) is -1.74. The van der Waals surface area contributed by atoms with Crippen LogP contribution in [0.5, 0.6) is 0 Å². The molecule has 33 heavy (non-hydrogen) atoms. The van der Waals surface area contributed by atoms with Crippen molar-refractivity contribution >= 4 is 29.4 Å². The Kier molecular flexibility index (Phi) is 6.59. The van der Waals surface area contributed by atoms with E-state index < -0.39 is 18.5 Å². The maximum atomic E-state index is 12.3. The lowest BCUT2D eigenvalue weighted by molar-refractivity contribution is -0.147. The van der Waals surface area contributed by atoms with Gasteiger partial charge in [-0.05, 0) is 41.8 Å². The number of nitrogens with one attached hydrogen (secondary N) is 1. The lowest BCUT2D eigenvalue weighted by Crippen LogP contribution is -2.31. The molecule has 0 saturated carbocycles. The third kappa shape index (κ3) is 5.15. The third-order valence-corrected chi connectivity index (χ3v) is 5.28. The van der Waals surface area contributed by atoms with Crippen LogP contribution in [-0.4, -0.2) is 41.7 Å². The van der Waals surface area contributed by atoms with Crippen molar-refractivity contribution in [2.75, 3.05) is 18.5 Å². The number of nitrogens with zero attached hydrogens (tertiary/aromatic N) is 1. The van der Waals surface area contributed by atoms with E-state index in [1.54, 1.807) is 36.4 Å². The second-order valence-corrected chi connectivity index (χ2v) is 7.56. The molecule has 0 unspecified atom stereocenters. The summed E-state index contributed by atoms with van der Waals surface area (Å²) in [6.07, 6.45) is 0.249. The molecule has 1 heterocycles. The highest BCUT2D eigenvalue weighted by atomic mass is 16.5. The van der Waals surface area contributed by atoms with Gasteiger partial charge in [0.1, 0.15) is 0 Å². The van der Waals surface area contributed by atoms with E-state index in [1.165, 1.54) is 0 Å². The fourth-order valence-electron chi connectivity index (χ4n) is 3.62. The fraction of sp³-hybridized carbons (Fsp3) is 0.154. The lowest BCUT2D eigenvalue weighted by Gasteiger charge is -2.13. The van der Waals surface area contributed by atoms with Gasteiger partial charge in [0.25, 0.3) is 17.7 Å². The minimum Gasteiger partial charge on any atom is -0.456 e. The molecular weight excluding hydrogens is 420 g/mol. The van der Waals surface area contributed by atoms with Crippen molar-refractivity contribution < 1.29 is 23.9 Å². The first kappa shape index (κ1) is 22.0. The number of rotatable bonds is 8. The van der Waals surface area contributed by atoms with Gasteiger partial charge in [-0.25, -0.2) is 0 Å². The number of ether oxygens (including phenoxy) is 1. The highest BCUT2D eigenvalue weighted by Crippen LogP contribution is 2.23. The van der Waals surface area contributed by atoms with Gasteiger partial charge in [0, 0.05) is 18.7 Å². The molecule has 0 atom stereocenters. The van der Waals surface area contributed by atoms with E-state index in [4.69, 9.17) is 4.74 Å². The minimum absolute atomic E-state index is 0.00748. The molecule has 7 nitrogen and oxygen atoms in total. The summed E-state index contributed by atoms with van der Waals surface area (Å²) < 4.78 is 5.01. The number of amides is 3. The zero-order valence-corrected chi connectivity index (χ0v) is 17.8. The first-order valence-electron chi connectivity index (χ1n) is 10.6. The van der Waals surface area contributed by atoms with Crippen LogP contribution >= 0.6 is 0 Å². The summed E-state index contributed by atoms with van der Waals surface area (Å²) in [5.41, 5.74) is 3.45. The van der Waals surface area contributed by atoms with Crippen LogP contribution < -0.4 is 5.32 Å². The number of imide groups is 1. The van der Waals surface area contributed by atoms with Crippen LogP contribution in [0, 0.1) is 0 Å². The Morgan fingerprint density at radius 3 is 1.97 bits per heavy atom. The molecule has 3 amide bonds. The average Bonchev–Trinajstić information content (AvgIpc) is 3.09. The van der Waals surface area contributed by atoms with Crippen LogP contribution in [0.4, 0.5) is 5.69 Å². The molecule has 166 valence electrons. The number of fused-ring (bicyclic) bond motifs is 1. The third-order valence-electron chi connectivity index (χ3n) is 5.28. The minimum atomic E-state index is -0.568. The van der Waals surface area contributed by atoms with Crippen molar-refractivity contribution in [3.63, 3.8) is 0 Å². The average molecular weight is 442 g/mol. The molecular formula is C26H22N2O5. The first-order valence-corrected chi connectivity index (χ1v) is 10.6. The van der Waals surface area contributed by atoms with E-state index in [9.17, 15) is 19.2 Å². The molecule has 0 fully saturated rings. The summed E-state index contributed by atoms with van der Waals surface area (Å²) in [6.45, 7) is -0.298. The topological polar surface area (TPSA) is 92.8 Å². The van der Waals surface area contributed by atoms with Crippen molar-refractivity contribution in [2.24, 2.45) is 0 Å². The number of benzene rings is 3. The Morgan fingerprint density at radius 1 is 0.758 bits per heavy atom. The second kappa shape index (κ2) is 9.91. The number of hydrogen-bond donors (Lipinski definition) is 1.